The molecule has 0 radical (unpaired) electrons. The average Bonchev–Trinajstić information content (AvgIpc) is 2.97. The number of hydrogen-bond acceptors (Lipinski definition) is 5. The first-order valence-corrected chi connectivity index (χ1v) is 9.22. The van der Waals surface area contributed by atoms with E-state index in [-0.39, 0.29) is 0 Å². The van der Waals surface area contributed by atoms with E-state index in [2.05, 4.69) is 14.7 Å². The number of pyridine rings is 1. The molecule has 2 aromatic heterocycles. The number of nitrogens with one attached hydrogen (secondary N) is 1. The van der Waals surface area contributed by atoms with Gasteiger partial charge in [0.15, 0.2) is 0 Å². The summed E-state index contributed by atoms with van der Waals surface area (Å²) in [7, 11) is -3.26. The van der Waals surface area contributed by atoms with Gasteiger partial charge in [0.05, 0.1) is 11.9 Å². The van der Waals surface area contributed by atoms with Gasteiger partial charge in [-0.1, -0.05) is 12.1 Å². The first-order valence-electron chi connectivity index (χ1n) is 6.45. The molecule has 0 aliphatic heterocycles. The van der Waals surface area contributed by atoms with Crippen LogP contribution < -0.4 is 4.72 Å². The van der Waals surface area contributed by atoms with Crippen molar-refractivity contribution in [2.75, 3.05) is 11.0 Å². The van der Waals surface area contributed by atoms with Crippen LogP contribution in [0.2, 0.25) is 0 Å². The molecule has 3 rings (SSSR count). The molecular weight excluding hydrogens is 318 g/mol. The lowest BCUT2D eigenvalue weighted by atomic mass is 10.1. The third-order valence-corrected chi connectivity index (χ3v) is 4.39. The number of hydrogen-bond donors (Lipinski definition) is 1. The van der Waals surface area contributed by atoms with E-state index in [0.29, 0.717) is 5.69 Å². The van der Waals surface area contributed by atoms with Gasteiger partial charge < -0.3 is 0 Å². The minimum Gasteiger partial charge on any atom is -0.284 e. The van der Waals surface area contributed by atoms with E-state index in [1.54, 1.807) is 35.9 Å². The van der Waals surface area contributed by atoms with Crippen molar-refractivity contribution in [3.8, 4) is 21.8 Å². The Morgan fingerprint density at radius 3 is 2.50 bits per heavy atom. The largest absolute Gasteiger partial charge is 0.284 e. The van der Waals surface area contributed by atoms with Gasteiger partial charge in [0, 0.05) is 34.6 Å². The normalized spacial score (nSPS) is 11.3. The molecule has 2 heterocycles. The number of anilines is 1. The van der Waals surface area contributed by atoms with Gasteiger partial charge in [-0.05, 0) is 24.3 Å². The second-order valence-electron chi connectivity index (χ2n) is 4.73. The molecule has 22 heavy (non-hydrogen) atoms. The van der Waals surface area contributed by atoms with Crippen LogP contribution in [0.3, 0.4) is 0 Å². The number of thiazole rings is 1. The van der Waals surface area contributed by atoms with E-state index in [0.717, 1.165) is 28.1 Å². The minimum atomic E-state index is -3.26. The maximum absolute atomic E-state index is 11.2. The van der Waals surface area contributed by atoms with Crippen LogP contribution in [0.4, 0.5) is 5.69 Å². The third kappa shape index (κ3) is 3.49. The fourth-order valence-corrected chi connectivity index (χ4v) is 3.34. The van der Waals surface area contributed by atoms with E-state index in [1.165, 1.54) is 0 Å². The molecule has 112 valence electrons. The van der Waals surface area contributed by atoms with Gasteiger partial charge in [0.2, 0.25) is 10.0 Å². The fourth-order valence-electron chi connectivity index (χ4n) is 1.95. The van der Waals surface area contributed by atoms with Crippen LogP contribution in [0.1, 0.15) is 0 Å². The van der Waals surface area contributed by atoms with Gasteiger partial charge in [0.1, 0.15) is 5.01 Å². The Labute approximate surface area is 132 Å². The van der Waals surface area contributed by atoms with Gasteiger partial charge in [-0.15, -0.1) is 11.3 Å². The van der Waals surface area contributed by atoms with Crippen molar-refractivity contribution < 1.29 is 8.42 Å². The first kappa shape index (κ1) is 14.7. The van der Waals surface area contributed by atoms with Crippen molar-refractivity contribution >= 4 is 27.0 Å². The zero-order valence-corrected chi connectivity index (χ0v) is 13.4. The summed E-state index contributed by atoms with van der Waals surface area (Å²) in [5.74, 6) is 0. The second kappa shape index (κ2) is 5.86. The van der Waals surface area contributed by atoms with Crippen LogP contribution in [0.25, 0.3) is 21.8 Å². The number of aromatic nitrogens is 2. The number of sulfonamides is 1. The Balaban J connectivity index is 1.85. The molecule has 5 nitrogen and oxygen atoms in total. The fraction of sp³-hybridized carbons (Fsp3) is 0.0667. The zero-order chi connectivity index (χ0) is 15.6. The van der Waals surface area contributed by atoms with E-state index >= 15 is 0 Å². The van der Waals surface area contributed by atoms with Crippen molar-refractivity contribution in [1.82, 2.24) is 9.97 Å². The Hall–Kier alpha value is -2.25. The Kier molecular flexibility index (Phi) is 3.91. The summed E-state index contributed by atoms with van der Waals surface area (Å²) in [4.78, 5) is 8.69. The van der Waals surface area contributed by atoms with Crippen molar-refractivity contribution in [2.45, 2.75) is 0 Å². The molecule has 0 unspecified atom stereocenters. The van der Waals surface area contributed by atoms with Crippen molar-refractivity contribution in [3.63, 3.8) is 0 Å². The maximum Gasteiger partial charge on any atom is 0.229 e. The van der Waals surface area contributed by atoms with E-state index < -0.39 is 10.0 Å². The summed E-state index contributed by atoms with van der Waals surface area (Å²) in [6, 6.07) is 11.0. The molecule has 1 aromatic carbocycles. The molecular formula is C15H13N3O2S2. The van der Waals surface area contributed by atoms with E-state index in [9.17, 15) is 8.42 Å². The number of benzene rings is 1. The summed E-state index contributed by atoms with van der Waals surface area (Å²) in [5, 5.41) is 2.88. The summed E-state index contributed by atoms with van der Waals surface area (Å²) >= 11 is 1.55. The van der Waals surface area contributed by atoms with Crippen LogP contribution in [0.5, 0.6) is 0 Å². The zero-order valence-electron chi connectivity index (χ0n) is 11.7. The molecule has 0 bridgehead atoms. The predicted molar refractivity (Wildman–Crippen MR) is 89.2 cm³/mol. The molecule has 1 N–H and O–H groups in total. The summed E-state index contributed by atoms with van der Waals surface area (Å²) in [6.07, 6.45) is 4.63. The lowest BCUT2D eigenvalue weighted by Gasteiger charge is -2.04. The standard InChI is InChI=1S/C15H13N3O2S2/c1-22(19,20)18-13-6-4-11(5-7-13)14-10-21-15(17-14)12-3-2-8-16-9-12/h2-10,18H,1H3. The van der Waals surface area contributed by atoms with Crippen molar-refractivity contribution in [2.24, 2.45) is 0 Å². The molecule has 0 fully saturated rings. The monoisotopic (exact) mass is 331 g/mol. The minimum absolute atomic E-state index is 0.536. The quantitative estimate of drug-likeness (QED) is 0.796. The molecule has 0 spiro atoms. The van der Waals surface area contributed by atoms with Crippen LogP contribution in [0, 0.1) is 0 Å². The summed E-state index contributed by atoms with van der Waals surface area (Å²) < 4.78 is 24.8. The topological polar surface area (TPSA) is 72.0 Å². The van der Waals surface area contributed by atoms with Gasteiger partial charge >= 0.3 is 0 Å². The highest BCUT2D eigenvalue weighted by atomic mass is 32.2. The van der Waals surface area contributed by atoms with Gasteiger partial charge in [-0.2, -0.15) is 0 Å². The van der Waals surface area contributed by atoms with E-state index in [1.807, 2.05) is 29.6 Å². The molecule has 0 saturated heterocycles. The Morgan fingerprint density at radius 2 is 1.86 bits per heavy atom. The Bertz CT molecular complexity index is 873. The summed E-state index contributed by atoms with van der Waals surface area (Å²) in [6.45, 7) is 0. The maximum atomic E-state index is 11.2. The van der Waals surface area contributed by atoms with Crippen LogP contribution in [-0.2, 0) is 10.0 Å². The van der Waals surface area contributed by atoms with Crippen LogP contribution in [0.15, 0.2) is 54.2 Å². The molecule has 0 aliphatic rings. The predicted octanol–water partition coefficient (Wildman–Crippen LogP) is 3.24. The van der Waals surface area contributed by atoms with E-state index in [4.69, 9.17) is 0 Å². The second-order valence-corrected chi connectivity index (χ2v) is 7.34. The highest BCUT2D eigenvalue weighted by Crippen LogP contribution is 2.29. The molecule has 0 atom stereocenters. The highest BCUT2D eigenvalue weighted by molar-refractivity contribution is 7.92. The van der Waals surface area contributed by atoms with Gasteiger partial charge in [-0.25, -0.2) is 13.4 Å². The SMILES string of the molecule is CS(=O)(=O)Nc1ccc(-c2csc(-c3cccnc3)n2)cc1. The highest BCUT2D eigenvalue weighted by Gasteiger charge is 2.07. The molecule has 7 heteroatoms. The summed E-state index contributed by atoms with van der Waals surface area (Å²) in [5.41, 5.74) is 3.31. The average molecular weight is 331 g/mol. The number of rotatable bonds is 4. The lowest BCUT2D eigenvalue weighted by Crippen LogP contribution is -2.09. The molecule has 3 aromatic rings. The molecule has 0 amide bonds. The third-order valence-electron chi connectivity index (χ3n) is 2.90. The number of nitrogens with zero attached hydrogens (tertiary/aromatic N) is 2. The van der Waals surface area contributed by atoms with Crippen LogP contribution >= 0.6 is 11.3 Å². The Morgan fingerprint density at radius 1 is 1.09 bits per heavy atom. The molecule has 0 saturated carbocycles. The first-order chi connectivity index (χ1) is 10.5. The smallest absolute Gasteiger partial charge is 0.229 e. The van der Waals surface area contributed by atoms with Crippen molar-refractivity contribution in [1.29, 1.82) is 0 Å². The van der Waals surface area contributed by atoms with Crippen LogP contribution in [-0.4, -0.2) is 24.6 Å². The van der Waals surface area contributed by atoms with Crippen molar-refractivity contribution in [3.05, 3.63) is 54.2 Å². The lowest BCUT2D eigenvalue weighted by molar-refractivity contribution is 0.607. The van der Waals surface area contributed by atoms with Gasteiger partial charge in [0.25, 0.3) is 0 Å². The molecule has 0 aliphatic carbocycles. The van der Waals surface area contributed by atoms with Gasteiger partial charge in [-0.3, -0.25) is 9.71 Å².